The molecule has 0 saturated carbocycles. The van der Waals surface area contributed by atoms with Gasteiger partial charge in [-0.05, 0) is 25.1 Å². The fourth-order valence-electron chi connectivity index (χ4n) is 2.03. The van der Waals surface area contributed by atoms with Crippen LogP contribution in [0.1, 0.15) is 18.5 Å². The molecule has 0 fully saturated rings. The van der Waals surface area contributed by atoms with Crippen molar-refractivity contribution in [3.8, 4) is 11.5 Å². The highest BCUT2D eigenvalue weighted by molar-refractivity contribution is 5.50. The van der Waals surface area contributed by atoms with Crippen molar-refractivity contribution >= 4 is 5.69 Å². The molecule has 0 aliphatic rings. The Morgan fingerprint density at radius 3 is 2.35 bits per heavy atom. The van der Waals surface area contributed by atoms with E-state index in [0.717, 1.165) is 11.4 Å². The molecule has 1 atom stereocenters. The number of nitrogens with one attached hydrogen (secondary N) is 1. The first kappa shape index (κ1) is 14.2. The van der Waals surface area contributed by atoms with Crippen molar-refractivity contribution in [2.24, 2.45) is 0 Å². The minimum atomic E-state index is -0.285. The number of benzene rings is 2. The summed E-state index contributed by atoms with van der Waals surface area (Å²) in [5, 5.41) is 3.25. The van der Waals surface area contributed by atoms with Gasteiger partial charge in [0.2, 0.25) is 0 Å². The number of hydrogen-bond acceptors (Lipinski definition) is 3. The second-order valence-corrected chi connectivity index (χ2v) is 4.49. The third kappa shape index (κ3) is 3.20. The third-order valence-electron chi connectivity index (χ3n) is 3.13. The molecule has 0 saturated heterocycles. The lowest BCUT2D eigenvalue weighted by atomic mass is 10.1. The minimum absolute atomic E-state index is 0.159. The largest absolute Gasteiger partial charge is 0.497 e. The number of methoxy groups -OCH3 is 2. The molecule has 106 valence electrons. The molecule has 1 N–H and O–H groups in total. The molecule has 2 aromatic carbocycles. The van der Waals surface area contributed by atoms with E-state index in [9.17, 15) is 4.39 Å². The van der Waals surface area contributed by atoms with Crippen LogP contribution < -0.4 is 14.8 Å². The van der Waals surface area contributed by atoms with Crippen molar-refractivity contribution in [2.75, 3.05) is 19.5 Å². The molecule has 0 bridgehead atoms. The van der Waals surface area contributed by atoms with Crippen LogP contribution in [0, 0.1) is 5.82 Å². The van der Waals surface area contributed by atoms with Gasteiger partial charge in [0.1, 0.15) is 17.3 Å². The van der Waals surface area contributed by atoms with Gasteiger partial charge in [0.05, 0.1) is 20.3 Å². The summed E-state index contributed by atoms with van der Waals surface area (Å²) in [5.74, 6) is 0.990. The van der Waals surface area contributed by atoms with E-state index in [2.05, 4.69) is 5.32 Å². The fraction of sp³-hybridized carbons (Fsp3) is 0.250. The predicted molar refractivity (Wildman–Crippen MR) is 78.0 cm³/mol. The minimum Gasteiger partial charge on any atom is -0.497 e. The predicted octanol–water partition coefficient (Wildman–Crippen LogP) is 4.02. The zero-order valence-electron chi connectivity index (χ0n) is 11.8. The van der Waals surface area contributed by atoms with Crippen molar-refractivity contribution in [1.29, 1.82) is 0 Å². The topological polar surface area (TPSA) is 30.5 Å². The maximum Gasteiger partial charge on any atom is 0.132 e. The molecular formula is C16H18FNO2. The van der Waals surface area contributed by atoms with Crippen molar-refractivity contribution < 1.29 is 13.9 Å². The van der Waals surface area contributed by atoms with Crippen LogP contribution in [0.3, 0.4) is 0 Å². The quantitative estimate of drug-likeness (QED) is 0.894. The standard InChI is InChI=1S/C16H18FNO2/c1-11(15-8-7-14(20-3)10-16(15)17)18-12-5-4-6-13(9-12)19-2/h4-11,18H,1-3H3. The molecule has 0 heterocycles. The van der Waals surface area contributed by atoms with Crippen LogP contribution in [-0.4, -0.2) is 14.2 Å². The molecule has 0 radical (unpaired) electrons. The van der Waals surface area contributed by atoms with Gasteiger partial charge < -0.3 is 14.8 Å². The molecule has 4 heteroatoms. The van der Waals surface area contributed by atoms with E-state index in [1.807, 2.05) is 31.2 Å². The van der Waals surface area contributed by atoms with Crippen LogP contribution >= 0.6 is 0 Å². The number of rotatable bonds is 5. The molecule has 1 unspecified atom stereocenters. The third-order valence-corrected chi connectivity index (χ3v) is 3.13. The lowest BCUT2D eigenvalue weighted by Crippen LogP contribution is -2.08. The van der Waals surface area contributed by atoms with E-state index in [-0.39, 0.29) is 11.9 Å². The monoisotopic (exact) mass is 275 g/mol. The summed E-state index contributed by atoms with van der Waals surface area (Å²) in [6.45, 7) is 1.91. The second-order valence-electron chi connectivity index (χ2n) is 4.49. The highest BCUT2D eigenvalue weighted by atomic mass is 19.1. The molecule has 3 nitrogen and oxygen atoms in total. The summed E-state index contributed by atoms with van der Waals surface area (Å²) >= 11 is 0. The zero-order chi connectivity index (χ0) is 14.5. The van der Waals surface area contributed by atoms with Crippen molar-refractivity contribution in [3.63, 3.8) is 0 Å². The van der Waals surface area contributed by atoms with E-state index in [4.69, 9.17) is 9.47 Å². The Morgan fingerprint density at radius 2 is 1.70 bits per heavy atom. The van der Waals surface area contributed by atoms with Crippen molar-refractivity contribution in [3.05, 3.63) is 53.8 Å². The molecule has 0 amide bonds. The van der Waals surface area contributed by atoms with E-state index in [0.29, 0.717) is 11.3 Å². The van der Waals surface area contributed by atoms with Crippen LogP contribution in [0.4, 0.5) is 10.1 Å². The van der Waals surface area contributed by atoms with Gasteiger partial charge in [0, 0.05) is 23.4 Å². The van der Waals surface area contributed by atoms with Gasteiger partial charge in [-0.1, -0.05) is 12.1 Å². The van der Waals surface area contributed by atoms with E-state index in [1.165, 1.54) is 13.2 Å². The van der Waals surface area contributed by atoms with E-state index in [1.54, 1.807) is 19.2 Å². The Kier molecular flexibility index (Phi) is 4.45. The molecular weight excluding hydrogens is 257 g/mol. The van der Waals surface area contributed by atoms with Gasteiger partial charge >= 0.3 is 0 Å². The van der Waals surface area contributed by atoms with Crippen LogP contribution in [-0.2, 0) is 0 Å². The normalized spacial score (nSPS) is 11.8. The van der Waals surface area contributed by atoms with E-state index < -0.39 is 0 Å². The van der Waals surface area contributed by atoms with Gasteiger partial charge in [-0.15, -0.1) is 0 Å². The zero-order valence-corrected chi connectivity index (χ0v) is 11.8. The van der Waals surface area contributed by atoms with Gasteiger partial charge in [-0.25, -0.2) is 4.39 Å². The lowest BCUT2D eigenvalue weighted by Gasteiger charge is -2.17. The van der Waals surface area contributed by atoms with Gasteiger partial charge in [-0.2, -0.15) is 0 Å². The van der Waals surface area contributed by atoms with Gasteiger partial charge in [0.25, 0.3) is 0 Å². The maximum absolute atomic E-state index is 14.0. The molecule has 20 heavy (non-hydrogen) atoms. The lowest BCUT2D eigenvalue weighted by molar-refractivity contribution is 0.410. The molecule has 0 aliphatic carbocycles. The molecule has 2 aromatic rings. The number of anilines is 1. The molecule has 0 aromatic heterocycles. The Morgan fingerprint density at radius 1 is 1.00 bits per heavy atom. The van der Waals surface area contributed by atoms with Crippen molar-refractivity contribution in [2.45, 2.75) is 13.0 Å². The Hall–Kier alpha value is -2.23. The van der Waals surface area contributed by atoms with E-state index >= 15 is 0 Å². The Labute approximate surface area is 118 Å². The van der Waals surface area contributed by atoms with Gasteiger partial charge in [-0.3, -0.25) is 0 Å². The summed E-state index contributed by atoms with van der Waals surface area (Å²) in [7, 11) is 3.14. The SMILES string of the molecule is COc1cccc(NC(C)c2ccc(OC)cc2F)c1. The summed E-state index contributed by atoms with van der Waals surface area (Å²) in [6.07, 6.45) is 0. The average molecular weight is 275 g/mol. The number of halogens is 1. The number of hydrogen-bond donors (Lipinski definition) is 1. The summed E-state index contributed by atoms with van der Waals surface area (Å²) in [6, 6.07) is 12.3. The molecule has 0 aliphatic heterocycles. The van der Waals surface area contributed by atoms with Crippen molar-refractivity contribution in [1.82, 2.24) is 0 Å². The van der Waals surface area contributed by atoms with Gasteiger partial charge in [0.15, 0.2) is 0 Å². The maximum atomic E-state index is 14.0. The summed E-state index contributed by atoms with van der Waals surface area (Å²) in [4.78, 5) is 0. The van der Waals surface area contributed by atoms with Crippen LogP contribution in [0.2, 0.25) is 0 Å². The van der Waals surface area contributed by atoms with Crippen LogP contribution in [0.25, 0.3) is 0 Å². The van der Waals surface area contributed by atoms with Crippen LogP contribution in [0.5, 0.6) is 11.5 Å². The molecule has 0 spiro atoms. The summed E-state index contributed by atoms with van der Waals surface area (Å²) < 4.78 is 24.2. The fourth-order valence-corrected chi connectivity index (χ4v) is 2.03. The highest BCUT2D eigenvalue weighted by Gasteiger charge is 2.12. The molecule has 2 rings (SSSR count). The summed E-state index contributed by atoms with van der Waals surface area (Å²) in [5.41, 5.74) is 1.47. The second kappa shape index (κ2) is 6.28. The average Bonchev–Trinajstić information content (AvgIpc) is 2.47. The Bertz CT molecular complexity index is 586. The smallest absolute Gasteiger partial charge is 0.132 e. The number of ether oxygens (including phenoxy) is 2. The highest BCUT2D eigenvalue weighted by Crippen LogP contribution is 2.26. The first-order valence-corrected chi connectivity index (χ1v) is 6.38. The first-order chi connectivity index (χ1) is 9.63. The van der Waals surface area contributed by atoms with Crippen LogP contribution in [0.15, 0.2) is 42.5 Å². The Balaban J connectivity index is 2.16. The first-order valence-electron chi connectivity index (χ1n) is 6.38.